The van der Waals surface area contributed by atoms with Crippen LogP contribution in [0.2, 0.25) is 0 Å². The minimum absolute atomic E-state index is 0.848. The number of ether oxygens (including phenoxy) is 5. The zero-order valence-electron chi connectivity index (χ0n) is 16.4. The molecule has 0 spiro atoms. The SMILES string of the molecule is CC(=O)OC1[C@@H](OC(C)=O)[C@@H](OC(C)=O)C(N=[N+]=[N-])[C@H](OC(C)=O)[C@H]1OC(C)=O. The van der Waals surface area contributed by atoms with E-state index >= 15 is 0 Å². The van der Waals surface area contributed by atoms with Crippen molar-refractivity contribution in [2.45, 2.75) is 71.2 Å². The molecule has 1 aliphatic carbocycles. The Bertz CT molecular complexity index is 688. The Hall–Kier alpha value is -3.34. The Labute approximate surface area is 165 Å². The van der Waals surface area contributed by atoms with Gasteiger partial charge in [0.25, 0.3) is 0 Å². The first-order chi connectivity index (χ1) is 13.5. The van der Waals surface area contributed by atoms with E-state index in [0.717, 1.165) is 34.6 Å². The number of esters is 5. The van der Waals surface area contributed by atoms with Crippen LogP contribution < -0.4 is 0 Å². The fourth-order valence-corrected chi connectivity index (χ4v) is 2.96. The van der Waals surface area contributed by atoms with E-state index in [1.807, 2.05) is 0 Å². The van der Waals surface area contributed by atoms with Crippen LogP contribution in [-0.4, -0.2) is 66.4 Å². The molecular weight excluding hydrogens is 394 g/mol. The van der Waals surface area contributed by atoms with Crippen molar-refractivity contribution in [2.75, 3.05) is 0 Å². The second-order valence-corrected chi connectivity index (χ2v) is 6.07. The Morgan fingerprint density at radius 1 is 0.586 bits per heavy atom. The summed E-state index contributed by atoms with van der Waals surface area (Å²) in [5, 5.41) is 3.48. The Balaban J connectivity index is 3.66. The number of hydrogen-bond acceptors (Lipinski definition) is 11. The van der Waals surface area contributed by atoms with Crippen molar-refractivity contribution in [1.29, 1.82) is 0 Å². The molecule has 13 nitrogen and oxygen atoms in total. The summed E-state index contributed by atoms with van der Waals surface area (Å²) in [4.78, 5) is 60.8. The second kappa shape index (κ2) is 10.3. The molecule has 0 bridgehead atoms. The van der Waals surface area contributed by atoms with Gasteiger partial charge in [0.2, 0.25) is 0 Å². The molecule has 0 aromatic heterocycles. The maximum Gasteiger partial charge on any atom is 0.303 e. The summed E-state index contributed by atoms with van der Waals surface area (Å²) in [6.07, 6.45) is -7.58. The number of hydrogen-bond donors (Lipinski definition) is 0. The lowest BCUT2D eigenvalue weighted by atomic mass is 9.82. The lowest BCUT2D eigenvalue weighted by Crippen LogP contribution is -2.67. The number of rotatable bonds is 6. The second-order valence-electron chi connectivity index (χ2n) is 6.07. The molecule has 0 saturated heterocycles. The summed E-state index contributed by atoms with van der Waals surface area (Å²) in [5.74, 6) is -4.25. The molecule has 1 aliphatic rings. The first-order valence-corrected chi connectivity index (χ1v) is 8.38. The van der Waals surface area contributed by atoms with Crippen LogP contribution in [0.15, 0.2) is 5.11 Å². The molecule has 0 heterocycles. The smallest absolute Gasteiger partial charge is 0.303 e. The molecule has 0 N–H and O–H groups in total. The minimum atomic E-state index is -1.53. The molecule has 160 valence electrons. The van der Waals surface area contributed by atoms with E-state index in [0.29, 0.717) is 0 Å². The van der Waals surface area contributed by atoms with Gasteiger partial charge in [-0.15, -0.1) is 0 Å². The van der Waals surface area contributed by atoms with Crippen LogP contribution >= 0.6 is 0 Å². The van der Waals surface area contributed by atoms with E-state index in [2.05, 4.69) is 10.0 Å². The van der Waals surface area contributed by atoms with Crippen molar-refractivity contribution in [3.63, 3.8) is 0 Å². The van der Waals surface area contributed by atoms with Crippen molar-refractivity contribution in [3.8, 4) is 0 Å². The standard InChI is InChI=1S/C16H21N3O10/c1-6(20)25-12-11(18-19-17)13(26-7(2)21)15(28-9(4)23)16(29-10(5)24)14(12)27-8(3)22/h11-16H,1-5H3/t11?,12-,13-,14-,15+,16?/m0/s1. The highest BCUT2D eigenvalue weighted by Gasteiger charge is 2.58. The van der Waals surface area contributed by atoms with Gasteiger partial charge in [-0.25, -0.2) is 0 Å². The molecule has 0 aliphatic heterocycles. The molecule has 1 saturated carbocycles. The van der Waals surface area contributed by atoms with Gasteiger partial charge < -0.3 is 23.7 Å². The van der Waals surface area contributed by atoms with Gasteiger partial charge in [0, 0.05) is 39.5 Å². The average Bonchev–Trinajstić information content (AvgIpc) is 2.55. The van der Waals surface area contributed by atoms with E-state index in [1.54, 1.807) is 0 Å². The van der Waals surface area contributed by atoms with Gasteiger partial charge in [-0.05, 0) is 5.53 Å². The summed E-state index contributed by atoms with van der Waals surface area (Å²) < 4.78 is 25.7. The van der Waals surface area contributed by atoms with E-state index in [1.165, 1.54) is 0 Å². The first-order valence-electron chi connectivity index (χ1n) is 8.38. The van der Waals surface area contributed by atoms with Gasteiger partial charge in [0.15, 0.2) is 30.5 Å². The molecule has 6 atom stereocenters. The summed E-state index contributed by atoms with van der Waals surface area (Å²) >= 11 is 0. The third kappa shape index (κ3) is 6.64. The van der Waals surface area contributed by atoms with E-state index in [4.69, 9.17) is 29.2 Å². The van der Waals surface area contributed by atoms with Crippen molar-refractivity contribution in [3.05, 3.63) is 10.4 Å². The van der Waals surface area contributed by atoms with Crippen molar-refractivity contribution >= 4 is 29.8 Å². The maximum atomic E-state index is 11.6. The van der Waals surface area contributed by atoms with E-state index < -0.39 is 66.4 Å². The van der Waals surface area contributed by atoms with E-state index in [-0.39, 0.29) is 0 Å². The third-order valence-corrected chi connectivity index (χ3v) is 3.66. The van der Waals surface area contributed by atoms with Crippen LogP contribution in [0.1, 0.15) is 34.6 Å². The number of nitrogens with zero attached hydrogens (tertiary/aromatic N) is 3. The molecule has 29 heavy (non-hydrogen) atoms. The van der Waals surface area contributed by atoms with Gasteiger partial charge in [-0.1, -0.05) is 5.11 Å². The number of carbonyl (C=O) groups is 5. The maximum absolute atomic E-state index is 11.6. The first kappa shape index (κ1) is 23.7. The van der Waals surface area contributed by atoms with Crippen LogP contribution in [0, 0.1) is 0 Å². The van der Waals surface area contributed by atoms with Crippen LogP contribution in [0.3, 0.4) is 0 Å². The predicted molar refractivity (Wildman–Crippen MR) is 90.7 cm³/mol. The fraction of sp³-hybridized carbons (Fsp3) is 0.688. The highest BCUT2D eigenvalue weighted by atomic mass is 16.6. The van der Waals surface area contributed by atoms with Crippen LogP contribution in [-0.2, 0) is 47.7 Å². The van der Waals surface area contributed by atoms with Gasteiger partial charge >= 0.3 is 29.8 Å². The van der Waals surface area contributed by atoms with Gasteiger partial charge in [0.1, 0.15) is 6.04 Å². The molecule has 1 rings (SSSR count). The highest BCUT2D eigenvalue weighted by Crippen LogP contribution is 2.34. The van der Waals surface area contributed by atoms with Crippen LogP contribution in [0.25, 0.3) is 10.4 Å². The molecule has 0 amide bonds. The average molecular weight is 415 g/mol. The van der Waals surface area contributed by atoms with Crippen LogP contribution in [0.4, 0.5) is 0 Å². The lowest BCUT2D eigenvalue weighted by Gasteiger charge is -2.46. The lowest BCUT2D eigenvalue weighted by molar-refractivity contribution is -0.234. The monoisotopic (exact) mass is 415 g/mol. The molecule has 0 radical (unpaired) electrons. The van der Waals surface area contributed by atoms with Gasteiger partial charge in [-0.2, -0.15) is 0 Å². The number of azide groups is 1. The largest absolute Gasteiger partial charge is 0.458 e. The molecule has 13 heteroatoms. The Kier molecular flexibility index (Phi) is 8.39. The highest BCUT2D eigenvalue weighted by molar-refractivity contribution is 5.70. The zero-order chi connectivity index (χ0) is 22.3. The summed E-state index contributed by atoms with van der Waals surface area (Å²) in [7, 11) is 0. The fourth-order valence-electron chi connectivity index (χ4n) is 2.96. The molecular formula is C16H21N3O10. The topological polar surface area (TPSA) is 180 Å². The molecule has 0 aromatic carbocycles. The molecule has 0 aromatic rings. The molecule has 1 fully saturated rings. The van der Waals surface area contributed by atoms with Gasteiger partial charge in [-0.3, -0.25) is 24.0 Å². The zero-order valence-corrected chi connectivity index (χ0v) is 16.4. The molecule has 2 unspecified atom stereocenters. The van der Waals surface area contributed by atoms with Crippen molar-refractivity contribution in [1.82, 2.24) is 0 Å². The van der Waals surface area contributed by atoms with Crippen molar-refractivity contribution < 1.29 is 47.7 Å². The Morgan fingerprint density at radius 3 is 1.07 bits per heavy atom. The quantitative estimate of drug-likeness (QED) is 0.193. The minimum Gasteiger partial charge on any atom is -0.458 e. The Morgan fingerprint density at radius 2 is 0.828 bits per heavy atom. The van der Waals surface area contributed by atoms with Gasteiger partial charge in [0.05, 0.1) is 0 Å². The van der Waals surface area contributed by atoms with Crippen molar-refractivity contribution in [2.24, 2.45) is 5.11 Å². The third-order valence-electron chi connectivity index (χ3n) is 3.66. The number of carbonyl (C=O) groups excluding carboxylic acids is 5. The normalized spacial score (nSPS) is 28.2. The predicted octanol–water partition coefficient (Wildman–Crippen LogP) is 0.337. The summed E-state index contributed by atoms with van der Waals surface area (Å²) in [6.45, 7) is 5.20. The summed E-state index contributed by atoms with van der Waals surface area (Å²) in [6, 6.07) is -1.46. The summed E-state index contributed by atoms with van der Waals surface area (Å²) in [5.41, 5.74) is 8.95. The van der Waals surface area contributed by atoms with Crippen LogP contribution in [0.5, 0.6) is 0 Å². The van der Waals surface area contributed by atoms with E-state index in [9.17, 15) is 24.0 Å².